The van der Waals surface area contributed by atoms with Crippen LogP contribution in [0.3, 0.4) is 0 Å². The Balaban J connectivity index is 2.40. The number of hydrogen-bond acceptors (Lipinski definition) is 3. The van der Waals surface area contributed by atoms with Gasteiger partial charge in [-0.25, -0.2) is 0 Å². The van der Waals surface area contributed by atoms with Gasteiger partial charge in [0.15, 0.2) is 11.4 Å². The van der Waals surface area contributed by atoms with Gasteiger partial charge < -0.3 is 10.1 Å². The van der Waals surface area contributed by atoms with E-state index in [1.165, 1.54) is 0 Å². The van der Waals surface area contributed by atoms with Gasteiger partial charge in [0, 0.05) is 12.6 Å². The standard InChI is InChI=1S/C16H16ClN3O2/c1-8(2)13-11-14(21)15(22)12(18-16(11)19-20(13)3)9-6-4-5-7-10(9)17/h4-8,22H,1-3H3,(H,18,19). The third-order valence-corrected chi connectivity index (χ3v) is 4.03. The van der Waals surface area contributed by atoms with Crippen molar-refractivity contribution in [3.63, 3.8) is 0 Å². The minimum atomic E-state index is -0.430. The second-order valence-electron chi connectivity index (χ2n) is 5.54. The van der Waals surface area contributed by atoms with Crippen molar-refractivity contribution >= 4 is 22.6 Å². The molecule has 0 radical (unpaired) electrons. The number of nitrogens with zero attached hydrogens (tertiary/aromatic N) is 2. The van der Waals surface area contributed by atoms with Gasteiger partial charge in [0.25, 0.3) is 0 Å². The van der Waals surface area contributed by atoms with Crippen LogP contribution in [0.4, 0.5) is 0 Å². The number of aromatic amines is 1. The number of hydrogen-bond donors (Lipinski definition) is 2. The number of aromatic hydroxyl groups is 1. The van der Waals surface area contributed by atoms with Crippen molar-refractivity contribution in [3.8, 4) is 17.0 Å². The highest BCUT2D eigenvalue weighted by atomic mass is 35.5. The molecule has 0 unspecified atom stereocenters. The maximum Gasteiger partial charge on any atom is 0.235 e. The Morgan fingerprint density at radius 1 is 1.32 bits per heavy atom. The maximum atomic E-state index is 12.6. The van der Waals surface area contributed by atoms with Crippen molar-refractivity contribution in [3.05, 3.63) is 45.2 Å². The van der Waals surface area contributed by atoms with Gasteiger partial charge in [-0.15, -0.1) is 0 Å². The summed E-state index contributed by atoms with van der Waals surface area (Å²) in [5.41, 5.74) is 1.66. The van der Waals surface area contributed by atoms with Crippen LogP contribution in [-0.4, -0.2) is 19.9 Å². The van der Waals surface area contributed by atoms with Crippen LogP contribution in [0.5, 0.6) is 5.75 Å². The number of H-pyrrole nitrogens is 1. The van der Waals surface area contributed by atoms with Crippen LogP contribution >= 0.6 is 11.6 Å². The lowest BCUT2D eigenvalue weighted by Crippen LogP contribution is -2.07. The zero-order valence-electron chi connectivity index (χ0n) is 12.5. The molecule has 5 nitrogen and oxygen atoms in total. The highest BCUT2D eigenvalue weighted by molar-refractivity contribution is 6.33. The van der Waals surface area contributed by atoms with Gasteiger partial charge in [0.1, 0.15) is 0 Å². The first-order valence-corrected chi connectivity index (χ1v) is 7.36. The Kier molecular flexibility index (Phi) is 3.45. The van der Waals surface area contributed by atoms with Crippen LogP contribution in [-0.2, 0) is 7.05 Å². The maximum absolute atomic E-state index is 12.6. The lowest BCUT2D eigenvalue weighted by Gasteiger charge is -2.08. The van der Waals surface area contributed by atoms with Crippen molar-refractivity contribution < 1.29 is 5.11 Å². The van der Waals surface area contributed by atoms with Crippen LogP contribution < -0.4 is 5.43 Å². The van der Waals surface area contributed by atoms with E-state index in [4.69, 9.17) is 11.6 Å². The van der Waals surface area contributed by atoms with Crippen LogP contribution in [0.1, 0.15) is 25.5 Å². The number of benzene rings is 1. The molecule has 114 valence electrons. The molecule has 1 aromatic carbocycles. The highest BCUT2D eigenvalue weighted by Crippen LogP contribution is 2.33. The largest absolute Gasteiger partial charge is 0.503 e. The number of aryl methyl sites for hydroxylation is 1. The number of fused-ring (bicyclic) bond motifs is 1. The third kappa shape index (κ3) is 2.09. The van der Waals surface area contributed by atoms with Gasteiger partial charge >= 0.3 is 0 Å². The summed E-state index contributed by atoms with van der Waals surface area (Å²) >= 11 is 6.16. The van der Waals surface area contributed by atoms with E-state index in [1.54, 1.807) is 36.0 Å². The molecular formula is C16H16ClN3O2. The van der Waals surface area contributed by atoms with Crippen molar-refractivity contribution in [1.29, 1.82) is 0 Å². The van der Waals surface area contributed by atoms with Crippen molar-refractivity contribution in [2.75, 3.05) is 0 Å². The van der Waals surface area contributed by atoms with Crippen LogP contribution in [0, 0.1) is 0 Å². The summed E-state index contributed by atoms with van der Waals surface area (Å²) in [5, 5.41) is 15.6. The highest BCUT2D eigenvalue weighted by Gasteiger charge is 2.21. The topological polar surface area (TPSA) is 70.9 Å². The lowest BCUT2D eigenvalue weighted by atomic mass is 10.0. The summed E-state index contributed by atoms with van der Waals surface area (Å²) in [6, 6.07) is 7.03. The number of halogens is 1. The number of nitrogens with one attached hydrogen (secondary N) is 1. The average Bonchev–Trinajstić information content (AvgIpc) is 2.80. The molecule has 3 aromatic rings. The number of rotatable bonds is 2. The fourth-order valence-corrected chi connectivity index (χ4v) is 3.01. The summed E-state index contributed by atoms with van der Waals surface area (Å²) in [6.45, 7) is 3.96. The second kappa shape index (κ2) is 5.18. The van der Waals surface area contributed by atoms with E-state index in [0.29, 0.717) is 21.6 Å². The van der Waals surface area contributed by atoms with Crippen LogP contribution in [0.25, 0.3) is 22.3 Å². The Morgan fingerprint density at radius 2 is 2.00 bits per heavy atom. The Morgan fingerprint density at radius 3 is 2.64 bits per heavy atom. The molecule has 0 bridgehead atoms. The summed E-state index contributed by atoms with van der Waals surface area (Å²) in [4.78, 5) is 15.6. The zero-order valence-corrected chi connectivity index (χ0v) is 13.3. The van der Waals surface area contributed by atoms with Gasteiger partial charge in [-0.2, -0.15) is 5.10 Å². The SMILES string of the molecule is CC(C)c1c2c(=O)c(O)c(-c3ccccc3Cl)[nH]c2nn1C. The molecule has 0 saturated heterocycles. The first kappa shape index (κ1) is 14.7. The third-order valence-electron chi connectivity index (χ3n) is 3.70. The van der Waals surface area contributed by atoms with E-state index >= 15 is 0 Å². The second-order valence-corrected chi connectivity index (χ2v) is 5.95. The summed E-state index contributed by atoms with van der Waals surface area (Å²) in [6.07, 6.45) is 0. The minimum Gasteiger partial charge on any atom is -0.503 e. The quantitative estimate of drug-likeness (QED) is 0.761. The van der Waals surface area contributed by atoms with E-state index in [9.17, 15) is 9.90 Å². The number of pyridine rings is 1. The summed E-state index contributed by atoms with van der Waals surface area (Å²) in [7, 11) is 1.79. The summed E-state index contributed by atoms with van der Waals surface area (Å²) < 4.78 is 1.67. The molecule has 0 fully saturated rings. The molecule has 0 spiro atoms. The van der Waals surface area contributed by atoms with Gasteiger partial charge in [-0.1, -0.05) is 43.6 Å². The van der Waals surface area contributed by atoms with E-state index in [-0.39, 0.29) is 17.4 Å². The molecule has 0 amide bonds. The van der Waals surface area contributed by atoms with Crippen molar-refractivity contribution in [2.45, 2.75) is 19.8 Å². The molecule has 0 aliphatic heterocycles. The van der Waals surface area contributed by atoms with Gasteiger partial charge in [0.2, 0.25) is 5.43 Å². The van der Waals surface area contributed by atoms with Crippen molar-refractivity contribution in [2.24, 2.45) is 7.05 Å². The molecule has 0 saturated carbocycles. The predicted octanol–water partition coefficient (Wildman–Crippen LogP) is 3.41. The molecular weight excluding hydrogens is 302 g/mol. The molecule has 2 heterocycles. The Hall–Kier alpha value is -2.27. The van der Waals surface area contributed by atoms with Gasteiger partial charge in [-0.05, 0) is 12.0 Å². The molecule has 22 heavy (non-hydrogen) atoms. The fraction of sp³-hybridized carbons (Fsp3) is 0.250. The van der Waals surface area contributed by atoms with E-state index in [1.807, 2.05) is 13.8 Å². The fourth-order valence-electron chi connectivity index (χ4n) is 2.78. The number of aromatic nitrogens is 3. The first-order chi connectivity index (χ1) is 10.4. The van der Waals surface area contributed by atoms with Crippen LogP contribution in [0.15, 0.2) is 29.1 Å². The monoisotopic (exact) mass is 317 g/mol. The molecule has 2 aromatic heterocycles. The molecule has 2 N–H and O–H groups in total. The molecule has 6 heteroatoms. The average molecular weight is 318 g/mol. The molecule has 3 rings (SSSR count). The minimum absolute atomic E-state index is 0.113. The Bertz CT molecular complexity index is 925. The van der Waals surface area contributed by atoms with Crippen LogP contribution in [0.2, 0.25) is 5.02 Å². The smallest absolute Gasteiger partial charge is 0.235 e. The van der Waals surface area contributed by atoms with E-state index < -0.39 is 5.43 Å². The van der Waals surface area contributed by atoms with E-state index in [2.05, 4.69) is 10.1 Å². The van der Waals surface area contributed by atoms with Gasteiger partial charge in [-0.3, -0.25) is 9.48 Å². The Labute approximate surface area is 132 Å². The zero-order chi connectivity index (χ0) is 16.0. The predicted molar refractivity (Wildman–Crippen MR) is 87.5 cm³/mol. The summed E-state index contributed by atoms with van der Waals surface area (Å²) in [5.74, 6) is -0.225. The van der Waals surface area contributed by atoms with Gasteiger partial charge in [0.05, 0.1) is 21.8 Å². The molecule has 0 atom stereocenters. The lowest BCUT2D eigenvalue weighted by molar-refractivity contribution is 0.471. The first-order valence-electron chi connectivity index (χ1n) is 6.98. The normalized spacial score (nSPS) is 11.5. The molecule has 0 aliphatic carbocycles. The van der Waals surface area contributed by atoms with E-state index in [0.717, 1.165) is 5.69 Å². The van der Waals surface area contributed by atoms with Crippen molar-refractivity contribution in [1.82, 2.24) is 14.8 Å². The molecule has 0 aliphatic rings.